The first-order chi connectivity index (χ1) is 9.45. The fourth-order valence-electron chi connectivity index (χ4n) is 2.11. The second-order valence-corrected chi connectivity index (χ2v) is 4.79. The lowest BCUT2D eigenvalue weighted by atomic mass is 10.4. The molecule has 0 bridgehead atoms. The Morgan fingerprint density at radius 2 is 1.85 bits per heavy atom. The molecule has 7 heteroatoms. The number of carbonyl (C=O) groups excluding carboxylic acids is 2. The van der Waals surface area contributed by atoms with Gasteiger partial charge in [-0.2, -0.15) is 0 Å². The van der Waals surface area contributed by atoms with Crippen LogP contribution in [0.2, 0.25) is 0 Å². The van der Waals surface area contributed by atoms with E-state index in [1.807, 2.05) is 0 Å². The van der Waals surface area contributed by atoms with Gasteiger partial charge in [0.2, 0.25) is 5.91 Å². The number of rotatable bonds is 6. The lowest BCUT2D eigenvalue weighted by Gasteiger charge is -2.27. The van der Waals surface area contributed by atoms with Crippen molar-refractivity contribution in [3.8, 4) is 0 Å². The molecule has 1 rings (SSSR count). The van der Waals surface area contributed by atoms with Crippen molar-refractivity contribution >= 4 is 17.9 Å². The van der Waals surface area contributed by atoms with Crippen molar-refractivity contribution in [2.24, 2.45) is 0 Å². The standard InChI is InChI=1S/C13H21N3O4/c1-3-6-16(10-12(18)19)13(20)14(2)9-11(17)15-7-4-5-8-15/h3H,1,4-10H2,2H3,(H,18,19). The van der Waals surface area contributed by atoms with E-state index in [2.05, 4.69) is 6.58 Å². The first kappa shape index (κ1) is 16.0. The lowest BCUT2D eigenvalue weighted by molar-refractivity contribution is -0.137. The average molecular weight is 283 g/mol. The Bertz CT molecular complexity index is 391. The molecule has 112 valence electrons. The molecule has 1 fully saturated rings. The Balaban J connectivity index is 2.56. The van der Waals surface area contributed by atoms with Gasteiger partial charge in [0.05, 0.1) is 0 Å². The maximum Gasteiger partial charge on any atom is 0.323 e. The largest absolute Gasteiger partial charge is 0.480 e. The second-order valence-electron chi connectivity index (χ2n) is 4.79. The number of aliphatic carboxylic acids is 1. The van der Waals surface area contributed by atoms with Crippen LogP contribution in [0.3, 0.4) is 0 Å². The van der Waals surface area contributed by atoms with E-state index in [0.29, 0.717) is 0 Å². The summed E-state index contributed by atoms with van der Waals surface area (Å²) in [6.07, 6.45) is 3.44. The highest BCUT2D eigenvalue weighted by molar-refractivity contribution is 5.85. The van der Waals surface area contributed by atoms with Crippen molar-refractivity contribution in [2.75, 3.05) is 39.8 Å². The minimum absolute atomic E-state index is 0.0356. The van der Waals surface area contributed by atoms with Gasteiger partial charge in [-0.05, 0) is 12.8 Å². The smallest absolute Gasteiger partial charge is 0.323 e. The van der Waals surface area contributed by atoms with Gasteiger partial charge < -0.3 is 19.8 Å². The van der Waals surface area contributed by atoms with Crippen LogP contribution >= 0.6 is 0 Å². The van der Waals surface area contributed by atoms with E-state index >= 15 is 0 Å². The molecular weight excluding hydrogens is 262 g/mol. The number of carboxylic acid groups (broad SMARTS) is 1. The number of likely N-dealkylation sites (N-methyl/N-ethyl adjacent to an activating group) is 1. The molecule has 0 aromatic heterocycles. The molecule has 1 saturated heterocycles. The van der Waals surface area contributed by atoms with E-state index in [4.69, 9.17) is 5.11 Å². The van der Waals surface area contributed by atoms with Crippen LogP contribution in [0.25, 0.3) is 0 Å². The highest BCUT2D eigenvalue weighted by Gasteiger charge is 2.24. The van der Waals surface area contributed by atoms with Crippen molar-refractivity contribution < 1.29 is 19.5 Å². The number of carbonyl (C=O) groups is 3. The fourth-order valence-corrected chi connectivity index (χ4v) is 2.11. The molecule has 0 aliphatic carbocycles. The summed E-state index contributed by atoms with van der Waals surface area (Å²) in [6.45, 7) is 4.64. The SMILES string of the molecule is C=CCN(CC(=O)O)C(=O)N(C)CC(=O)N1CCCC1. The number of urea groups is 1. The van der Waals surface area contributed by atoms with Crippen LogP contribution in [0.5, 0.6) is 0 Å². The highest BCUT2D eigenvalue weighted by atomic mass is 16.4. The van der Waals surface area contributed by atoms with E-state index in [9.17, 15) is 14.4 Å². The number of likely N-dealkylation sites (tertiary alicyclic amines) is 1. The van der Waals surface area contributed by atoms with Crippen LogP contribution in [0.1, 0.15) is 12.8 Å². The van der Waals surface area contributed by atoms with E-state index in [0.717, 1.165) is 30.8 Å². The van der Waals surface area contributed by atoms with Crippen molar-refractivity contribution in [2.45, 2.75) is 12.8 Å². The van der Waals surface area contributed by atoms with Crippen molar-refractivity contribution in [1.29, 1.82) is 0 Å². The van der Waals surface area contributed by atoms with Gasteiger partial charge in [-0.15, -0.1) is 6.58 Å². The Morgan fingerprint density at radius 1 is 1.25 bits per heavy atom. The predicted molar refractivity (Wildman–Crippen MR) is 73.2 cm³/mol. The van der Waals surface area contributed by atoms with Gasteiger partial charge in [-0.3, -0.25) is 9.59 Å². The molecule has 0 spiro atoms. The average Bonchev–Trinajstić information content (AvgIpc) is 2.90. The minimum Gasteiger partial charge on any atom is -0.480 e. The molecule has 0 atom stereocenters. The minimum atomic E-state index is -1.10. The van der Waals surface area contributed by atoms with E-state index in [1.54, 1.807) is 4.90 Å². The number of nitrogens with zero attached hydrogens (tertiary/aromatic N) is 3. The predicted octanol–water partition coefficient (Wildman–Crippen LogP) is 0.233. The van der Waals surface area contributed by atoms with Gasteiger partial charge >= 0.3 is 12.0 Å². The van der Waals surface area contributed by atoms with Gasteiger partial charge in [-0.1, -0.05) is 6.08 Å². The fraction of sp³-hybridized carbons (Fsp3) is 0.615. The molecule has 0 aromatic rings. The van der Waals surface area contributed by atoms with Crippen LogP contribution in [0.15, 0.2) is 12.7 Å². The Hall–Kier alpha value is -2.05. The van der Waals surface area contributed by atoms with Gasteiger partial charge in [0.15, 0.2) is 0 Å². The van der Waals surface area contributed by atoms with Gasteiger partial charge in [-0.25, -0.2) is 4.79 Å². The molecule has 1 N–H and O–H groups in total. The molecular formula is C13H21N3O4. The summed E-state index contributed by atoms with van der Waals surface area (Å²) in [7, 11) is 1.49. The van der Waals surface area contributed by atoms with Gasteiger partial charge in [0.1, 0.15) is 13.1 Å². The monoisotopic (exact) mass is 283 g/mol. The molecule has 0 unspecified atom stereocenters. The topological polar surface area (TPSA) is 81.2 Å². The third kappa shape index (κ3) is 4.56. The summed E-state index contributed by atoms with van der Waals surface area (Å²) in [4.78, 5) is 38.8. The van der Waals surface area contributed by atoms with Crippen molar-refractivity contribution in [3.05, 3.63) is 12.7 Å². The Labute approximate surface area is 118 Å². The lowest BCUT2D eigenvalue weighted by Crippen LogP contribution is -2.47. The van der Waals surface area contributed by atoms with E-state index in [-0.39, 0.29) is 19.0 Å². The van der Waals surface area contributed by atoms with Crippen LogP contribution in [0, 0.1) is 0 Å². The summed E-state index contributed by atoms with van der Waals surface area (Å²) in [5.74, 6) is -1.20. The van der Waals surface area contributed by atoms with Crippen LogP contribution < -0.4 is 0 Å². The highest BCUT2D eigenvalue weighted by Crippen LogP contribution is 2.08. The third-order valence-corrected chi connectivity index (χ3v) is 3.10. The molecule has 7 nitrogen and oxygen atoms in total. The normalized spacial score (nSPS) is 13.9. The van der Waals surface area contributed by atoms with E-state index in [1.165, 1.54) is 18.0 Å². The quantitative estimate of drug-likeness (QED) is 0.708. The summed E-state index contributed by atoms with van der Waals surface area (Å²) in [6, 6.07) is -0.486. The zero-order chi connectivity index (χ0) is 15.1. The molecule has 1 aliphatic rings. The number of amides is 3. The van der Waals surface area contributed by atoms with Gasteiger partial charge in [0.25, 0.3) is 0 Å². The first-order valence-electron chi connectivity index (χ1n) is 6.56. The molecule has 0 radical (unpaired) electrons. The van der Waals surface area contributed by atoms with E-state index < -0.39 is 18.5 Å². The molecule has 3 amide bonds. The summed E-state index contributed by atoms with van der Waals surface area (Å²) in [5, 5.41) is 8.77. The Kier molecular flexibility index (Phi) is 6.02. The zero-order valence-electron chi connectivity index (χ0n) is 11.7. The van der Waals surface area contributed by atoms with Crippen molar-refractivity contribution in [3.63, 3.8) is 0 Å². The summed E-state index contributed by atoms with van der Waals surface area (Å²) in [5.41, 5.74) is 0. The third-order valence-electron chi connectivity index (χ3n) is 3.10. The molecule has 1 heterocycles. The molecule has 0 aromatic carbocycles. The molecule has 0 saturated carbocycles. The molecule has 20 heavy (non-hydrogen) atoms. The maximum atomic E-state index is 12.1. The number of hydrogen-bond acceptors (Lipinski definition) is 3. The van der Waals surface area contributed by atoms with Gasteiger partial charge in [0, 0.05) is 26.7 Å². The summed E-state index contributed by atoms with van der Waals surface area (Å²) < 4.78 is 0. The zero-order valence-corrected chi connectivity index (χ0v) is 11.7. The van der Waals surface area contributed by atoms with Crippen molar-refractivity contribution in [1.82, 2.24) is 14.7 Å². The Morgan fingerprint density at radius 3 is 2.35 bits per heavy atom. The van der Waals surface area contributed by atoms with Crippen LogP contribution in [0.4, 0.5) is 4.79 Å². The number of carboxylic acids is 1. The second kappa shape index (κ2) is 7.52. The number of hydrogen-bond donors (Lipinski definition) is 1. The first-order valence-corrected chi connectivity index (χ1v) is 6.56. The maximum absolute atomic E-state index is 12.1. The van der Waals surface area contributed by atoms with Crippen LogP contribution in [-0.2, 0) is 9.59 Å². The summed E-state index contributed by atoms with van der Waals surface area (Å²) >= 11 is 0. The van der Waals surface area contributed by atoms with Crippen LogP contribution in [-0.4, -0.2) is 77.5 Å². The molecule has 1 aliphatic heterocycles.